The highest BCUT2D eigenvalue weighted by atomic mass is 15.0. The van der Waals surface area contributed by atoms with E-state index < -0.39 is 0 Å². The Labute approximate surface area is 259 Å². The molecule has 0 spiro atoms. The molecule has 9 aromatic carbocycles. The molecule has 1 aromatic heterocycles. The quantitative estimate of drug-likeness (QED) is 0.195. The predicted molar refractivity (Wildman–Crippen MR) is 189 cm³/mol. The summed E-state index contributed by atoms with van der Waals surface area (Å²) in [5.74, 6) is 0. The fourth-order valence-corrected chi connectivity index (χ4v) is 7.68. The molecule has 0 bridgehead atoms. The summed E-state index contributed by atoms with van der Waals surface area (Å²) in [5, 5.41) is 22.4. The van der Waals surface area contributed by atoms with Gasteiger partial charge in [-0.05, 0) is 102 Å². The van der Waals surface area contributed by atoms with Crippen LogP contribution in [0.25, 0.3) is 92.8 Å². The smallest absolute Gasteiger partial charge is 0.0992 e. The summed E-state index contributed by atoms with van der Waals surface area (Å²) < 4.78 is 2.31. The first-order chi connectivity index (χ1) is 22.2. The van der Waals surface area contributed by atoms with Crippen LogP contribution in [0.5, 0.6) is 0 Å². The Morgan fingerprint density at radius 2 is 1.04 bits per heavy atom. The van der Waals surface area contributed by atoms with Gasteiger partial charge in [-0.2, -0.15) is 5.26 Å². The predicted octanol–water partition coefficient (Wildman–Crippen LogP) is 11.5. The van der Waals surface area contributed by atoms with E-state index in [0.717, 1.165) is 22.1 Å². The van der Waals surface area contributed by atoms with Crippen LogP contribution in [-0.2, 0) is 0 Å². The summed E-state index contributed by atoms with van der Waals surface area (Å²) in [6, 6.07) is 55.0. The van der Waals surface area contributed by atoms with Crippen molar-refractivity contribution in [3.63, 3.8) is 0 Å². The number of rotatable bonds is 3. The maximum Gasteiger partial charge on any atom is 0.0992 e. The Balaban J connectivity index is 1.17. The highest BCUT2D eigenvalue weighted by molar-refractivity contribution is 6.26. The van der Waals surface area contributed by atoms with E-state index in [2.05, 4.69) is 138 Å². The first-order valence-electron chi connectivity index (χ1n) is 15.3. The van der Waals surface area contributed by atoms with Crippen molar-refractivity contribution in [3.05, 3.63) is 151 Å². The van der Waals surface area contributed by atoms with Gasteiger partial charge in [-0.25, -0.2) is 0 Å². The molecule has 0 saturated heterocycles. The molecule has 0 atom stereocenters. The van der Waals surface area contributed by atoms with Crippen LogP contribution in [-0.4, -0.2) is 4.57 Å². The molecule has 1 heterocycles. The lowest BCUT2D eigenvalue weighted by atomic mass is 9.89. The third kappa shape index (κ3) is 3.38. The average Bonchev–Trinajstić information content (AvgIpc) is 3.44. The lowest BCUT2D eigenvalue weighted by Gasteiger charge is -2.14. The first kappa shape index (κ1) is 24.3. The van der Waals surface area contributed by atoms with Crippen molar-refractivity contribution in [2.75, 3.05) is 0 Å². The van der Waals surface area contributed by atoms with Gasteiger partial charge in [0.25, 0.3) is 0 Å². The molecule has 10 aromatic rings. The van der Waals surface area contributed by atoms with Gasteiger partial charge in [-0.1, -0.05) is 109 Å². The lowest BCUT2D eigenvalue weighted by molar-refractivity contribution is 1.18. The number of hydrogen-bond acceptors (Lipinski definition) is 1. The van der Waals surface area contributed by atoms with Crippen LogP contribution in [0.1, 0.15) is 5.56 Å². The van der Waals surface area contributed by atoms with E-state index in [-0.39, 0.29) is 0 Å². The van der Waals surface area contributed by atoms with Gasteiger partial charge >= 0.3 is 0 Å². The van der Waals surface area contributed by atoms with Crippen LogP contribution < -0.4 is 0 Å². The van der Waals surface area contributed by atoms with E-state index in [0.29, 0.717) is 5.56 Å². The number of hydrogen-bond donors (Lipinski definition) is 0. The fraction of sp³-hybridized carbons (Fsp3) is 0. The van der Waals surface area contributed by atoms with Crippen molar-refractivity contribution < 1.29 is 0 Å². The van der Waals surface area contributed by atoms with Gasteiger partial charge in [0.1, 0.15) is 0 Å². The van der Waals surface area contributed by atoms with Gasteiger partial charge in [0, 0.05) is 16.5 Å². The number of aromatic nitrogens is 1. The molecule has 0 saturated carbocycles. The van der Waals surface area contributed by atoms with Crippen LogP contribution in [0.3, 0.4) is 0 Å². The monoisotopic (exact) mass is 568 g/mol. The average molecular weight is 569 g/mol. The Bertz CT molecular complexity index is 2780. The third-order valence-electron chi connectivity index (χ3n) is 9.67. The summed E-state index contributed by atoms with van der Waals surface area (Å²) in [4.78, 5) is 0. The molecule has 2 heteroatoms. The number of nitriles is 1. The maximum absolute atomic E-state index is 9.81. The normalized spacial score (nSPS) is 12.0. The summed E-state index contributed by atoms with van der Waals surface area (Å²) in [7, 11) is 0. The highest BCUT2D eigenvalue weighted by Gasteiger charge is 2.19. The number of nitrogens with zero attached hydrogens (tertiary/aromatic N) is 2. The van der Waals surface area contributed by atoms with Crippen LogP contribution in [0.2, 0.25) is 0 Å². The lowest BCUT2D eigenvalue weighted by Crippen LogP contribution is -1.94. The SMILES string of the molecule is N#Cc1cc2ccc3cc(-c4ccc(-c5ccc6ccc7cccc8ccc5c6c78)cc4)cc4c3c2c(c1)n4-c1ccccc1. The van der Waals surface area contributed by atoms with Crippen LogP contribution in [0.4, 0.5) is 0 Å². The Morgan fingerprint density at radius 1 is 0.422 bits per heavy atom. The van der Waals surface area contributed by atoms with Gasteiger partial charge in [0.15, 0.2) is 0 Å². The zero-order valence-electron chi connectivity index (χ0n) is 24.3. The molecular formula is C43H24N2. The largest absolute Gasteiger partial charge is 0.309 e. The molecule has 0 aliphatic carbocycles. The van der Waals surface area contributed by atoms with Crippen molar-refractivity contribution in [2.45, 2.75) is 0 Å². The summed E-state index contributed by atoms with van der Waals surface area (Å²) in [6.07, 6.45) is 0. The zero-order valence-corrected chi connectivity index (χ0v) is 24.3. The summed E-state index contributed by atoms with van der Waals surface area (Å²) >= 11 is 0. The molecule has 10 rings (SSSR count). The van der Waals surface area contributed by atoms with Crippen molar-refractivity contribution in [1.29, 1.82) is 5.26 Å². The Kier molecular flexibility index (Phi) is 4.82. The first-order valence-corrected chi connectivity index (χ1v) is 15.3. The molecule has 0 amide bonds. The molecule has 45 heavy (non-hydrogen) atoms. The molecule has 206 valence electrons. The maximum atomic E-state index is 9.81. The second kappa shape index (κ2) is 8.92. The number of benzene rings is 9. The Hall–Kier alpha value is -6.17. The van der Waals surface area contributed by atoms with Gasteiger partial charge < -0.3 is 4.57 Å². The molecule has 0 radical (unpaired) electrons. The topological polar surface area (TPSA) is 28.7 Å². The van der Waals surface area contributed by atoms with Gasteiger partial charge in [0.05, 0.1) is 22.7 Å². The summed E-state index contributed by atoms with van der Waals surface area (Å²) in [6.45, 7) is 0. The summed E-state index contributed by atoms with van der Waals surface area (Å²) in [5.41, 5.74) is 8.81. The van der Waals surface area contributed by atoms with Crippen molar-refractivity contribution in [3.8, 4) is 34.0 Å². The van der Waals surface area contributed by atoms with E-state index >= 15 is 0 Å². The molecule has 0 unspecified atom stereocenters. The molecule has 0 N–H and O–H groups in total. The van der Waals surface area contributed by atoms with Crippen molar-refractivity contribution in [2.24, 2.45) is 0 Å². The Morgan fingerprint density at radius 3 is 1.80 bits per heavy atom. The third-order valence-corrected chi connectivity index (χ3v) is 9.67. The molecule has 0 fully saturated rings. The van der Waals surface area contributed by atoms with Gasteiger partial charge in [-0.15, -0.1) is 0 Å². The highest BCUT2D eigenvalue weighted by Crippen LogP contribution is 2.43. The van der Waals surface area contributed by atoms with Crippen molar-refractivity contribution >= 4 is 64.9 Å². The molecule has 2 nitrogen and oxygen atoms in total. The van der Waals surface area contributed by atoms with Crippen LogP contribution in [0, 0.1) is 11.3 Å². The molecule has 0 aliphatic heterocycles. The number of para-hydroxylation sites is 1. The van der Waals surface area contributed by atoms with Crippen LogP contribution in [0.15, 0.2) is 146 Å². The van der Waals surface area contributed by atoms with Gasteiger partial charge in [0.2, 0.25) is 0 Å². The van der Waals surface area contributed by atoms with Crippen LogP contribution >= 0.6 is 0 Å². The minimum atomic E-state index is 0.674. The van der Waals surface area contributed by atoms with E-state index in [1.54, 1.807) is 0 Å². The minimum absolute atomic E-state index is 0.674. The van der Waals surface area contributed by atoms with E-state index in [9.17, 15) is 5.26 Å². The zero-order chi connectivity index (χ0) is 29.6. The molecular weight excluding hydrogens is 544 g/mol. The molecule has 0 aliphatic rings. The second-order valence-corrected chi connectivity index (χ2v) is 12.1. The van der Waals surface area contributed by atoms with E-state index in [4.69, 9.17) is 0 Å². The second-order valence-electron chi connectivity index (χ2n) is 12.1. The fourth-order valence-electron chi connectivity index (χ4n) is 7.68. The standard InChI is InChI=1S/C43H24N2/c44-25-26-21-32-15-16-33-23-34(24-39-43(33)42(32)38(22-26)45(39)35-7-2-1-3-8-35)27-9-11-28(12-10-27)36-19-17-31-14-13-29-5-4-6-30-18-20-37(36)41(31)40(29)30/h1-24H. The van der Waals surface area contributed by atoms with Gasteiger partial charge in [-0.3, -0.25) is 0 Å². The van der Waals surface area contributed by atoms with Crippen molar-refractivity contribution in [1.82, 2.24) is 4.57 Å². The van der Waals surface area contributed by atoms with E-state index in [1.807, 2.05) is 18.2 Å². The van der Waals surface area contributed by atoms with E-state index in [1.165, 1.54) is 70.7 Å². The minimum Gasteiger partial charge on any atom is -0.309 e.